The van der Waals surface area contributed by atoms with Gasteiger partial charge in [-0.25, -0.2) is 4.79 Å². The smallest absolute Gasteiger partial charge is 0.480 e. The first-order chi connectivity index (χ1) is 13.0. The Bertz CT molecular complexity index is 1030. The first-order valence-electron chi connectivity index (χ1n) is 8.54. The van der Waals surface area contributed by atoms with E-state index in [0.29, 0.717) is 5.46 Å². The molecule has 1 amide bonds. The van der Waals surface area contributed by atoms with Crippen LogP contribution >= 0.6 is 0 Å². The molecule has 0 bridgehead atoms. The number of H-pyrrole nitrogens is 1. The molecule has 8 heteroatoms. The third-order valence-electron chi connectivity index (χ3n) is 4.77. The van der Waals surface area contributed by atoms with Gasteiger partial charge in [-0.05, 0) is 34.8 Å². The molecule has 136 valence electrons. The summed E-state index contributed by atoms with van der Waals surface area (Å²) < 4.78 is 5.11. The molecule has 0 aliphatic carbocycles. The number of carboxylic acids is 1. The number of hydrogen-bond donors (Lipinski definition) is 4. The molecule has 0 unspecified atom stereocenters. The molecule has 3 aromatic rings. The topological polar surface area (TPSA) is 112 Å². The van der Waals surface area contributed by atoms with Gasteiger partial charge < -0.3 is 25.1 Å². The number of fused-ring (bicyclic) bond motifs is 2. The lowest BCUT2D eigenvalue weighted by Gasteiger charge is -2.15. The highest BCUT2D eigenvalue weighted by molar-refractivity contribution is 6.61. The van der Waals surface area contributed by atoms with Gasteiger partial charge in [0.25, 0.3) is 5.91 Å². The van der Waals surface area contributed by atoms with Crippen molar-refractivity contribution in [3.8, 4) is 0 Å². The summed E-state index contributed by atoms with van der Waals surface area (Å²) in [6, 6.07) is 11.3. The molecule has 1 aliphatic heterocycles. The molecular formula is C19H17BN2O5. The van der Waals surface area contributed by atoms with Gasteiger partial charge in [-0.2, -0.15) is 0 Å². The molecule has 0 spiro atoms. The SMILES string of the molecule is O=C(N[C@@H](Cc1c[nH]c2ccccc12)C(=O)O)c1ccc2c(c1)B(O)OC2. The van der Waals surface area contributed by atoms with Crippen molar-refractivity contribution in [1.29, 1.82) is 0 Å². The fourth-order valence-electron chi connectivity index (χ4n) is 3.32. The van der Waals surface area contributed by atoms with Crippen LogP contribution in [0.25, 0.3) is 10.9 Å². The van der Waals surface area contributed by atoms with Gasteiger partial charge in [0, 0.05) is 29.1 Å². The van der Waals surface area contributed by atoms with E-state index >= 15 is 0 Å². The summed E-state index contributed by atoms with van der Waals surface area (Å²) in [6.45, 7) is 0.288. The molecular weight excluding hydrogens is 347 g/mol. The zero-order chi connectivity index (χ0) is 19.0. The number of carboxylic acid groups (broad SMARTS) is 1. The van der Waals surface area contributed by atoms with E-state index < -0.39 is 25.0 Å². The number of aromatic amines is 1. The Morgan fingerprint density at radius 1 is 1.26 bits per heavy atom. The van der Waals surface area contributed by atoms with Gasteiger partial charge in [-0.15, -0.1) is 0 Å². The first-order valence-corrected chi connectivity index (χ1v) is 8.54. The molecule has 0 radical (unpaired) electrons. The van der Waals surface area contributed by atoms with E-state index in [-0.39, 0.29) is 18.6 Å². The third-order valence-corrected chi connectivity index (χ3v) is 4.77. The second kappa shape index (κ2) is 6.90. The highest BCUT2D eigenvalue weighted by Gasteiger charge is 2.29. The normalized spacial score (nSPS) is 14.2. The van der Waals surface area contributed by atoms with Crippen LogP contribution in [0.2, 0.25) is 0 Å². The van der Waals surface area contributed by atoms with Crippen molar-refractivity contribution in [2.75, 3.05) is 0 Å². The second-order valence-electron chi connectivity index (χ2n) is 6.50. The van der Waals surface area contributed by atoms with Crippen LogP contribution in [0, 0.1) is 0 Å². The zero-order valence-electron chi connectivity index (χ0n) is 14.3. The van der Waals surface area contributed by atoms with Gasteiger partial charge in [0.15, 0.2) is 0 Å². The molecule has 0 saturated heterocycles. The van der Waals surface area contributed by atoms with Crippen molar-refractivity contribution in [2.24, 2.45) is 0 Å². The van der Waals surface area contributed by atoms with E-state index in [1.54, 1.807) is 18.3 Å². The molecule has 1 aliphatic rings. The third kappa shape index (κ3) is 3.32. The van der Waals surface area contributed by atoms with E-state index in [1.807, 2.05) is 24.3 Å². The van der Waals surface area contributed by atoms with Crippen molar-refractivity contribution in [3.05, 3.63) is 65.4 Å². The number of aliphatic carboxylic acids is 1. The van der Waals surface area contributed by atoms with Crippen LogP contribution in [-0.4, -0.2) is 40.2 Å². The van der Waals surface area contributed by atoms with Crippen LogP contribution in [0.15, 0.2) is 48.7 Å². The summed E-state index contributed by atoms with van der Waals surface area (Å²) >= 11 is 0. The molecule has 2 aromatic carbocycles. The molecule has 4 rings (SSSR count). The minimum Gasteiger partial charge on any atom is -0.480 e. The van der Waals surface area contributed by atoms with Crippen LogP contribution in [0.4, 0.5) is 0 Å². The highest BCUT2D eigenvalue weighted by atomic mass is 16.5. The summed E-state index contributed by atoms with van der Waals surface area (Å²) in [4.78, 5) is 27.3. The number of amides is 1. The monoisotopic (exact) mass is 364 g/mol. The Morgan fingerprint density at radius 3 is 2.89 bits per heavy atom. The molecule has 7 nitrogen and oxygen atoms in total. The van der Waals surface area contributed by atoms with Crippen LogP contribution in [0.3, 0.4) is 0 Å². The maximum absolute atomic E-state index is 12.6. The largest absolute Gasteiger partial charge is 0.491 e. The number of nitrogens with one attached hydrogen (secondary N) is 2. The van der Waals surface area contributed by atoms with Gasteiger partial charge in [0.05, 0.1) is 6.61 Å². The summed E-state index contributed by atoms with van der Waals surface area (Å²) in [5.74, 6) is -1.62. The van der Waals surface area contributed by atoms with E-state index in [4.69, 9.17) is 4.65 Å². The molecule has 1 atom stereocenters. The van der Waals surface area contributed by atoms with Gasteiger partial charge in [0.2, 0.25) is 0 Å². The predicted octanol–water partition coefficient (Wildman–Crippen LogP) is 0.811. The van der Waals surface area contributed by atoms with Crippen molar-refractivity contribution in [1.82, 2.24) is 10.3 Å². The van der Waals surface area contributed by atoms with Crippen LogP contribution < -0.4 is 10.8 Å². The average Bonchev–Trinajstić information content (AvgIpc) is 3.25. The lowest BCUT2D eigenvalue weighted by molar-refractivity contribution is -0.139. The fraction of sp³-hybridized carbons (Fsp3) is 0.158. The van der Waals surface area contributed by atoms with Crippen LogP contribution in [0.5, 0.6) is 0 Å². The fourth-order valence-corrected chi connectivity index (χ4v) is 3.32. The van der Waals surface area contributed by atoms with Crippen molar-refractivity contribution >= 4 is 35.4 Å². The van der Waals surface area contributed by atoms with Gasteiger partial charge >= 0.3 is 13.1 Å². The minimum absolute atomic E-state index is 0.155. The predicted molar refractivity (Wildman–Crippen MR) is 99.7 cm³/mol. The number of hydrogen-bond acceptors (Lipinski definition) is 4. The molecule has 4 N–H and O–H groups in total. The Hall–Kier alpha value is -3.10. The molecule has 0 saturated carbocycles. The zero-order valence-corrected chi connectivity index (χ0v) is 14.3. The standard InChI is InChI=1S/C19H17BN2O5/c23-18(11-5-6-12-10-27-20(26)15(12)7-11)22-17(19(24)25)8-13-9-21-16-4-2-1-3-14(13)16/h1-7,9,17,21,26H,8,10H2,(H,22,23)(H,24,25)/t17-/m0/s1. The molecule has 0 fully saturated rings. The van der Waals surface area contributed by atoms with Gasteiger partial charge in [-0.1, -0.05) is 24.3 Å². The second-order valence-corrected chi connectivity index (χ2v) is 6.50. The lowest BCUT2D eigenvalue weighted by atomic mass is 9.78. The highest BCUT2D eigenvalue weighted by Crippen LogP contribution is 2.19. The van der Waals surface area contributed by atoms with E-state index in [1.165, 1.54) is 6.07 Å². The maximum Gasteiger partial charge on any atom is 0.491 e. The minimum atomic E-state index is -1.11. The van der Waals surface area contributed by atoms with Gasteiger partial charge in [0.1, 0.15) is 6.04 Å². The Balaban J connectivity index is 1.54. The Kier molecular flexibility index (Phi) is 4.43. The summed E-state index contributed by atoms with van der Waals surface area (Å²) in [5, 5.41) is 22.8. The number of para-hydroxylation sites is 1. The van der Waals surface area contributed by atoms with Crippen LogP contribution in [-0.2, 0) is 22.5 Å². The lowest BCUT2D eigenvalue weighted by Crippen LogP contribution is -2.42. The van der Waals surface area contributed by atoms with E-state index in [9.17, 15) is 19.7 Å². The molecule has 1 aromatic heterocycles. The van der Waals surface area contributed by atoms with E-state index in [2.05, 4.69) is 10.3 Å². The Morgan fingerprint density at radius 2 is 2.07 bits per heavy atom. The first kappa shape index (κ1) is 17.3. The molecule has 27 heavy (non-hydrogen) atoms. The number of rotatable bonds is 5. The quantitative estimate of drug-likeness (QED) is 0.501. The summed E-state index contributed by atoms with van der Waals surface area (Å²) in [6.07, 6.45) is 1.91. The Labute approximate surface area is 155 Å². The number of benzene rings is 2. The number of aromatic nitrogens is 1. The summed E-state index contributed by atoms with van der Waals surface area (Å²) in [5.41, 5.74) is 3.36. The van der Waals surface area contributed by atoms with Crippen molar-refractivity contribution in [3.63, 3.8) is 0 Å². The number of carbonyl (C=O) groups excluding carboxylic acids is 1. The maximum atomic E-state index is 12.6. The molecule has 2 heterocycles. The summed E-state index contributed by atoms with van der Waals surface area (Å²) in [7, 11) is -1.06. The number of carbonyl (C=O) groups is 2. The van der Waals surface area contributed by atoms with Crippen molar-refractivity contribution < 1.29 is 24.4 Å². The average molecular weight is 364 g/mol. The van der Waals surface area contributed by atoms with Crippen molar-refractivity contribution in [2.45, 2.75) is 19.1 Å². The van der Waals surface area contributed by atoms with Crippen LogP contribution in [0.1, 0.15) is 21.5 Å². The van der Waals surface area contributed by atoms with Gasteiger partial charge in [-0.3, -0.25) is 4.79 Å². The van der Waals surface area contributed by atoms with E-state index in [0.717, 1.165) is 22.0 Å².